The quantitative estimate of drug-likeness (QED) is 0.357. The summed E-state index contributed by atoms with van der Waals surface area (Å²) in [6.45, 7) is 7.14. The Morgan fingerprint density at radius 2 is 1.45 bits per heavy atom. The van der Waals surface area contributed by atoms with Crippen molar-refractivity contribution in [3.8, 4) is 28.3 Å². The van der Waals surface area contributed by atoms with Crippen LogP contribution >= 0.6 is 0 Å². The van der Waals surface area contributed by atoms with Crippen LogP contribution in [0.3, 0.4) is 0 Å². The molecule has 2 heterocycles. The predicted molar refractivity (Wildman–Crippen MR) is 134 cm³/mol. The van der Waals surface area contributed by atoms with Crippen LogP contribution in [-0.4, -0.2) is 28.4 Å². The summed E-state index contributed by atoms with van der Waals surface area (Å²) in [5, 5.41) is 4.83. The molecule has 0 atom stereocenters. The highest BCUT2D eigenvalue weighted by Crippen LogP contribution is 2.32. The van der Waals surface area contributed by atoms with Gasteiger partial charge in [-0.05, 0) is 50.6 Å². The third-order valence-corrected chi connectivity index (χ3v) is 5.98. The summed E-state index contributed by atoms with van der Waals surface area (Å²) < 4.78 is 8.26. The first kappa shape index (κ1) is 20.9. The van der Waals surface area contributed by atoms with E-state index in [1.165, 1.54) is 16.8 Å². The van der Waals surface area contributed by atoms with Crippen molar-refractivity contribution in [3.05, 3.63) is 102 Å². The van der Waals surface area contributed by atoms with Gasteiger partial charge in [-0.3, -0.25) is 0 Å². The molecule has 0 N–H and O–H groups in total. The average molecular weight is 437 g/mol. The lowest BCUT2D eigenvalue weighted by Gasteiger charge is -2.21. The van der Waals surface area contributed by atoms with Gasteiger partial charge in [0.05, 0.1) is 18.1 Å². The summed E-state index contributed by atoms with van der Waals surface area (Å²) in [5.41, 5.74) is 7.79. The molecule has 0 saturated heterocycles. The zero-order valence-electron chi connectivity index (χ0n) is 19.5. The molecule has 0 aliphatic carbocycles. The lowest BCUT2D eigenvalue weighted by atomic mass is 10.0. The number of anilines is 1. The second kappa shape index (κ2) is 8.51. The van der Waals surface area contributed by atoms with E-state index in [-0.39, 0.29) is 0 Å². The van der Waals surface area contributed by atoms with E-state index in [0.29, 0.717) is 0 Å². The van der Waals surface area contributed by atoms with E-state index < -0.39 is 0 Å². The molecule has 166 valence electrons. The molecule has 5 heteroatoms. The van der Waals surface area contributed by atoms with Crippen LogP contribution in [0.1, 0.15) is 18.3 Å². The normalized spacial score (nSPS) is 13.4. The standard InChI is InChI=1S/C28H28N4O/c1-20-18-30(4)19-31(20)24-12-8-14-26(16-24)33-27-15-9-13-25(17-27)32-22(3)28(21(2)29-32)23-10-6-5-7-11-23/h5-18H,19H2,1-4H3. The van der Waals surface area contributed by atoms with Gasteiger partial charge in [0.15, 0.2) is 0 Å². The Balaban J connectivity index is 1.43. The predicted octanol–water partition coefficient (Wildman–Crippen LogP) is 6.52. The highest BCUT2D eigenvalue weighted by atomic mass is 16.5. The Bertz CT molecular complexity index is 1320. The summed E-state index contributed by atoms with van der Waals surface area (Å²) in [7, 11) is 2.08. The number of aryl methyl sites for hydroxylation is 1. The van der Waals surface area contributed by atoms with E-state index in [9.17, 15) is 0 Å². The number of allylic oxidation sites excluding steroid dienone is 1. The molecular weight excluding hydrogens is 408 g/mol. The van der Waals surface area contributed by atoms with Crippen LogP contribution in [0, 0.1) is 13.8 Å². The first-order chi connectivity index (χ1) is 16.0. The number of aromatic nitrogens is 2. The van der Waals surface area contributed by atoms with Crippen molar-refractivity contribution in [2.75, 3.05) is 18.6 Å². The molecule has 1 aromatic heterocycles. The van der Waals surface area contributed by atoms with Crippen molar-refractivity contribution >= 4 is 5.69 Å². The van der Waals surface area contributed by atoms with Gasteiger partial charge in [0.1, 0.15) is 11.5 Å². The fraction of sp³-hybridized carbons (Fsp3) is 0.179. The van der Waals surface area contributed by atoms with Crippen molar-refractivity contribution in [2.45, 2.75) is 20.8 Å². The van der Waals surface area contributed by atoms with Crippen LogP contribution in [0.25, 0.3) is 16.8 Å². The SMILES string of the molecule is CC1=CN(C)CN1c1cccc(Oc2cccc(-n3nc(C)c(-c4ccccc4)c3C)c2)c1. The maximum absolute atomic E-state index is 6.26. The van der Waals surface area contributed by atoms with Gasteiger partial charge in [0.2, 0.25) is 0 Å². The van der Waals surface area contributed by atoms with Crippen molar-refractivity contribution in [2.24, 2.45) is 0 Å². The molecule has 3 aromatic carbocycles. The number of rotatable bonds is 5. The number of hydrogen-bond acceptors (Lipinski definition) is 4. The summed E-state index contributed by atoms with van der Waals surface area (Å²) in [5.74, 6) is 1.59. The van der Waals surface area contributed by atoms with Crippen molar-refractivity contribution in [1.82, 2.24) is 14.7 Å². The monoisotopic (exact) mass is 436 g/mol. The van der Waals surface area contributed by atoms with E-state index in [1.54, 1.807) is 0 Å². The van der Waals surface area contributed by atoms with Gasteiger partial charge in [0, 0.05) is 48.0 Å². The number of benzene rings is 3. The summed E-state index contributed by atoms with van der Waals surface area (Å²) >= 11 is 0. The molecule has 1 aliphatic heterocycles. The highest BCUT2D eigenvalue weighted by molar-refractivity contribution is 5.69. The first-order valence-electron chi connectivity index (χ1n) is 11.2. The maximum atomic E-state index is 6.26. The van der Waals surface area contributed by atoms with Crippen molar-refractivity contribution < 1.29 is 4.74 Å². The molecule has 33 heavy (non-hydrogen) atoms. The minimum absolute atomic E-state index is 0.782. The van der Waals surface area contributed by atoms with Crippen LogP contribution < -0.4 is 9.64 Å². The largest absolute Gasteiger partial charge is 0.457 e. The van der Waals surface area contributed by atoms with Crippen LogP contribution in [-0.2, 0) is 0 Å². The highest BCUT2D eigenvalue weighted by Gasteiger charge is 2.18. The Morgan fingerprint density at radius 1 is 0.788 bits per heavy atom. The third-order valence-electron chi connectivity index (χ3n) is 5.98. The molecular formula is C28H28N4O. The van der Waals surface area contributed by atoms with Crippen LogP contribution in [0.4, 0.5) is 5.69 Å². The number of nitrogens with zero attached hydrogens (tertiary/aromatic N) is 4. The number of hydrogen-bond donors (Lipinski definition) is 0. The number of ether oxygens (including phenoxy) is 1. The molecule has 0 bridgehead atoms. The fourth-order valence-electron chi connectivity index (χ4n) is 4.50. The van der Waals surface area contributed by atoms with Crippen LogP contribution in [0.15, 0.2) is 90.8 Å². The lowest BCUT2D eigenvalue weighted by molar-refractivity contribution is 0.480. The Kier molecular flexibility index (Phi) is 5.38. The van der Waals surface area contributed by atoms with E-state index in [0.717, 1.165) is 40.9 Å². The molecule has 0 unspecified atom stereocenters. The molecule has 0 amide bonds. The fourth-order valence-corrected chi connectivity index (χ4v) is 4.50. The van der Waals surface area contributed by atoms with Gasteiger partial charge in [-0.1, -0.05) is 42.5 Å². The molecule has 5 rings (SSSR count). The van der Waals surface area contributed by atoms with Crippen molar-refractivity contribution in [3.63, 3.8) is 0 Å². The second-order valence-corrected chi connectivity index (χ2v) is 8.52. The second-order valence-electron chi connectivity index (χ2n) is 8.52. The van der Waals surface area contributed by atoms with Crippen molar-refractivity contribution in [1.29, 1.82) is 0 Å². The van der Waals surface area contributed by atoms with Crippen LogP contribution in [0.5, 0.6) is 11.5 Å². The Morgan fingerprint density at radius 3 is 2.12 bits per heavy atom. The third kappa shape index (κ3) is 4.10. The van der Waals surface area contributed by atoms with E-state index in [4.69, 9.17) is 9.84 Å². The molecule has 0 radical (unpaired) electrons. The van der Waals surface area contributed by atoms with Gasteiger partial charge in [-0.25, -0.2) is 4.68 Å². The zero-order chi connectivity index (χ0) is 22.9. The van der Waals surface area contributed by atoms with E-state index in [2.05, 4.69) is 86.3 Å². The molecule has 1 aliphatic rings. The Labute approximate surface area is 195 Å². The van der Waals surface area contributed by atoms with Gasteiger partial charge < -0.3 is 14.5 Å². The van der Waals surface area contributed by atoms with Gasteiger partial charge in [-0.15, -0.1) is 0 Å². The Hall–Kier alpha value is -3.99. The van der Waals surface area contributed by atoms with E-state index >= 15 is 0 Å². The summed E-state index contributed by atoms with van der Waals surface area (Å²) in [4.78, 5) is 4.44. The minimum Gasteiger partial charge on any atom is -0.457 e. The molecule has 5 nitrogen and oxygen atoms in total. The van der Waals surface area contributed by atoms with Gasteiger partial charge in [-0.2, -0.15) is 5.10 Å². The zero-order valence-corrected chi connectivity index (χ0v) is 19.5. The topological polar surface area (TPSA) is 33.5 Å². The smallest absolute Gasteiger partial charge is 0.129 e. The minimum atomic E-state index is 0.782. The molecule has 4 aromatic rings. The lowest BCUT2D eigenvalue weighted by Crippen LogP contribution is -2.23. The van der Waals surface area contributed by atoms with Gasteiger partial charge in [0.25, 0.3) is 0 Å². The first-order valence-corrected chi connectivity index (χ1v) is 11.2. The van der Waals surface area contributed by atoms with Crippen LogP contribution in [0.2, 0.25) is 0 Å². The molecule has 0 saturated carbocycles. The average Bonchev–Trinajstić information content (AvgIpc) is 3.31. The maximum Gasteiger partial charge on any atom is 0.129 e. The summed E-state index contributed by atoms with van der Waals surface area (Å²) in [6.07, 6.45) is 2.15. The van der Waals surface area contributed by atoms with Gasteiger partial charge >= 0.3 is 0 Å². The molecule has 0 spiro atoms. The van der Waals surface area contributed by atoms with E-state index in [1.807, 2.05) is 41.1 Å². The summed E-state index contributed by atoms with van der Waals surface area (Å²) in [6, 6.07) is 26.7. The molecule has 0 fully saturated rings.